The molecule has 1 aromatic rings. The van der Waals surface area contributed by atoms with Gasteiger partial charge in [-0.3, -0.25) is 9.59 Å². The summed E-state index contributed by atoms with van der Waals surface area (Å²) in [6, 6.07) is 0.288. The molecule has 0 spiro atoms. The lowest BCUT2D eigenvalue weighted by Crippen LogP contribution is -2.31. The van der Waals surface area contributed by atoms with Crippen LogP contribution in [0, 0.1) is 11.8 Å². The van der Waals surface area contributed by atoms with Crippen LogP contribution in [0.4, 0.5) is 5.82 Å². The zero-order valence-corrected chi connectivity index (χ0v) is 11.2. The van der Waals surface area contributed by atoms with Gasteiger partial charge in [-0.05, 0) is 18.8 Å². The Balaban J connectivity index is 2.09. The van der Waals surface area contributed by atoms with Crippen molar-refractivity contribution in [3.8, 4) is 0 Å². The maximum absolute atomic E-state index is 12.1. The van der Waals surface area contributed by atoms with Crippen LogP contribution in [0.3, 0.4) is 0 Å². The Morgan fingerprint density at radius 3 is 2.79 bits per heavy atom. The van der Waals surface area contributed by atoms with Crippen LogP contribution in [0.5, 0.6) is 0 Å². The van der Waals surface area contributed by atoms with Gasteiger partial charge in [0, 0.05) is 25.0 Å². The van der Waals surface area contributed by atoms with E-state index in [1.165, 1.54) is 0 Å². The van der Waals surface area contributed by atoms with E-state index in [2.05, 4.69) is 10.3 Å². The van der Waals surface area contributed by atoms with Crippen molar-refractivity contribution in [2.75, 3.05) is 11.9 Å². The van der Waals surface area contributed by atoms with Gasteiger partial charge in [0.2, 0.25) is 0 Å². The molecule has 104 valence electrons. The Labute approximate surface area is 111 Å². The minimum atomic E-state index is -0.860. The maximum atomic E-state index is 12.1. The Morgan fingerprint density at radius 1 is 1.58 bits per heavy atom. The van der Waals surface area contributed by atoms with Gasteiger partial charge in [0.15, 0.2) is 5.82 Å². The largest absolute Gasteiger partial charge is 0.481 e. The molecular weight excluding hydrogens is 246 g/mol. The standard InChI is InChI=1S/C13H19N3O3/c1-8(2)10(13(18)19)7-15-11-12(17)16(6-5-14-11)9-3-4-9/h5-6,8-10H,3-4,7H2,1-2H3,(H,14,15)(H,18,19). The van der Waals surface area contributed by atoms with Crippen molar-refractivity contribution in [1.82, 2.24) is 9.55 Å². The minimum absolute atomic E-state index is 0.000583. The Kier molecular flexibility index (Phi) is 3.87. The van der Waals surface area contributed by atoms with Gasteiger partial charge in [-0.1, -0.05) is 13.8 Å². The molecule has 6 nitrogen and oxygen atoms in total. The van der Waals surface area contributed by atoms with Crippen molar-refractivity contribution in [1.29, 1.82) is 0 Å². The molecule has 6 heteroatoms. The third-order valence-corrected chi connectivity index (χ3v) is 3.42. The number of carboxylic acids is 1. The molecule has 0 aliphatic heterocycles. The topological polar surface area (TPSA) is 84.2 Å². The van der Waals surface area contributed by atoms with Gasteiger partial charge in [0.05, 0.1) is 5.92 Å². The summed E-state index contributed by atoms with van der Waals surface area (Å²) in [5, 5.41) is 12.0. The summed E-state index contributed by atoms with van der Waals surface area (Å²) in [6.45, 7) is 3.91. The molecule has 1 atom stereocenters. The lowest BCUT2D eigenvalue weighted by Gasteiger charge is -2.17. The van der Waals surface area contributed by atoms with Crippen LogP contribution in [0.15, 0.2) is 17.2 Å². The second kappa shape index (κ2) is 5.42. The first-order chi connectivity index (χ1) is 9.00. The summed E-state index contributed by atoms with van der Waals surface area (Å²) in [5.41, 5.74) is -0.169. The lowest BCUT2D eigenvalue weighted by atomic mass is 9.96. The highest BCUT2D eigenvalue weighted by atomic mass is 16.4. The number of aromatic nitrogens is 2. The number of hydrogen-bond donors (Lipinski definition) is 2. The number of carboxylic acid groups (broad SMARTS) is 1. The molecule has 0 saturated heterocycles. The molecule has 1 saturated carbocycles. The van der Waals surface area contributed by atoms with Crippen molar-refractivity contribution < 1.29 is 9.90 Å². The fourth-order valence-electron chi connectivity index (χ4n) is 2.00. The molecule has 1 aliphatic carbocycles. The van der Waals surface area contributed by atoms with Crippen LogP contribution in [-0.2, 0) is 4.79 Å². The highest BCUT2D eigenvalue weighted by Gasteiger charge is 2.26. The molecule has 1 unspecified atom stereocenters. The Bertz CT molecular complexity index is 520. The maximum Gasteiger partial charge on any atom is 0.308 e. The number of aliphatic carboxylic acids is 1. The number of nitrogens with one attached hydrogen (secondary N) is 1. The summed E-state index contributed by atoms with van der Waals surface area (Å²) >= 11 is 0. The van der Waals surface area contributed by atoms with E-state index >= 15 is 0 Å². The molecule has 0 radical (unpaired) electrons. The molecular formula is C13H19N3O3. The van der Waals surface area contributed by atoms with Crippen LogP contribution in [0.1, 0.15) is 32.7 Å². The number of nitrogens with zero attached hydrogens (tertiary/aromatic N) is 2. The summed E-state index contributed by atoms with van der Waals surface area (Å²) in [5.74, 6) is -1.16. The Hall–Kier alpha value is -1.85. The monoisotopic (exact) mass is 265 g/mol. The predicted octanol–water partition coefficient (Wildman–Crippen LogP) is 1.35. The molecule has 0 aromatic carbocycles. The Morgan fingerprint density at radius 2 is 2.26 bits per heavy atom. The van der Waals surface area contributed by atoms with Crippen LogP contribution >= 0.6 is 0 Å². The quantitative estimate of drug-likeness (QED) is 0.811. The fraction of sp³-hybridized carbons (Fsp3) is 0.615. The van der Waals surface area contributed by atoms with E-state index in [1.54, 1.807) is 17.0 Å². The van der Waals surface area contributed by atoms with Gasteiger partial charge in [0.1, 0.15) is 0 Å². The van der Waals surface area contributed by atoms with E-state index in [1.807, 2.05) is 13.8 Å². The third-order valence-electron chi connectivity index (χ3n) is 3.42. The SMILES string of the molecule is CC(C)C(CNc1nccn(C2CC2)c1=O)C(=O)O. The zero-order chi connectivity index (χ0) is 14.0. The molecule has 1 aromatic heterocycles. The predicted molar refractivity (Wildman–Crippen MR) is 71.2 cm³/mol. The van der Waals surface area contributed by atoms with Gasteiger partial charge in [-0.2, -0.15) is 0 Å². The second-order valence-electron chi connectivity index (χ2n) is 5.29. The number of carbonyl (C=O) groups is 1. The van der Waals surface area contributed by atoms with E-state index in [-0.39, 0.29) is 29.9 Å². The number of rotatable bonds is 6. The number of anilines is 1. The van der Waals surface area contributed by atoms with Gasteiger partial charge in [-0.15, -0.1) is 0 Å². The summed E-state index contributed by atoms with van der Waals surface area (Å²) in [7, 11) is 0. The summed E-state index contributed by atoms with van der Waals surface area (Å²) in [4.78, 5) is 27.2. The molecule has 0 bridgehead atoms. The van der Waals surface area contributed by atoms with Gasteiger partial charge >= 0.3 is 5.97 Å². The molecule has 0 amide bonds. The zero-order valence-electron chi connectivity index (χ0n) is 11.2. The van der Waals surface area contributed by atoms with E-state index in [0.717, 1.165) is 12.8 Å². The smallest absolute Gasteiger partial charge is 0.308 e. The first-order valence-electron chi connectivity index (χ1n) is 6.54. The summed E-state index contributed by atoms with van der Waals surface area (Å²) in [6.07, 6.45) is 5.30. The normalized spacial score (nSPS) is 16.4. The first-order valence-corrected chi connectivity index (χ1v) is 6.54. The average molecular weight is 265 g/mol. The van der Waals surface area contributed by atoms with E-state index in [9.17, 15) is 9.59 Å². The van der Waals surface area contributed by atoms with Gasteiger partial charge < -0.3 is 15.0 Å². The molecule has 2 rings (SSSR count). The van der Waals surface area contributed by atoms with Crippen molar-refractivity contribution in [2.24, 2.45) is 11.8 Å². The third kappa shape index (κ3) is 3.13. The highest BCUT2D eigenvalue weighted by Crippen LogP contribution is 2.33. The van der Waals surface area contributed by atoms with Crippen LogP contribution < -0.4 is 10.9 Å². The van der Waals surface area contributed by atoms with Crippen LogP contribution in [-0.4, -0.2) is 27.2 Å². The first kappa shape index (κ1) is 13.6. The van der Waals surface area contributed by atoms with Gasteiger partial charge in [-0.25, -0.2) is 4.98 Å². The number of hydrogen-bond acceptors (Lipinski definition) is 4. The fourth-order valence-corrected chi connectivity index (χ4v) is 2.00. The van der Waals surface area contributed by atoms with Crippen molar-refractivity contribution >= 4 is 11.8 Å². The molecule has 1 aliphatic rings. The van der Waals surface area contributed by atoms with E-state index < -0.39 is 11.9 Å². The van der Waals surface area contributed by atoms with Crippen molar-refractivity contribution in [3.63, 3.8) is 0 Å². The lowest BCUT2D eigenvalue weighted by molar-refractivity contribution is -0.142. The van der Waals surface area contributed by atoms with Crippen LogP contribution in [0.2, 0.25) is 0 Å². The molecule has 1 heterocycles. The summed E-state index contributed by atoms with van der Waals surface area (Å²) < 4.78 is 1.67. The molecule has 1 fully saturated rings. The molecule has 19 heavy (non-hydrogen) atoms. The van der Waals surface area contributed by atoms with Crippen LogP contribution in [0.25, 0.3) is 0 Å². The van der Waals surface area contributed by atoms with E-state index in [0.29, 0.717) is 0 Å². The minimum Gasteiger partial charge on any atom is -0.481 e. The average Bonchev–Trinajstić information content (AvgIpc) is 3.14. The van der Waals surface area contributed by atoms with E-state index in [4.69, 9.17) is 5.11 Å². The second-order valence-corrected chi connectivity index (χ2v) is 5.29. The van der Waals surface area contributed by atoms with Crippen molar-refractivity contribution in [2.45, 2.75) is 32.7 Å². The van der Waals surface area contributed by atoms with Gasteiger partial charge in [0.25, 0.3) is 5.56 Å². The highest BCUT2D eigenvalue weighted by molar-refractivity contribution is 5.71. The van der Waals surface area contributed by atoms with Crippen molar-refractivity contribution in [3.05, 3.63) is 22.7 Å². The molecule has 2 N–H and O–H groups in total.